The van der Waals surface area contributed by atoms with Gasteiger partial charge in [0.15, 0.2) is 5.96 Å². The van der Waals surface area contributed by atoms with Gasteiger partial charge in [0.1, 0.15) is 0 Å². The van der Waals surface area contributed by atoms with Crippen LogP contribution in [-0.4, -0.2) is 56.0 Å². The van der Waals surface area contributed by atoms with Crippen molar-refractivity contribution in [2.45, 2.75) is 39.7 Å². The second kappa shape index (κ2) is 13.8. The van der Waals surface area contributed by atoms with Crippen molar-refractivity contribution in [1.29, 1.82) is 0 Å². The predicted octanol–water partition coefficient (Wildman–Crippen LogP) is 2.77. The number of nitrogens with zero attached hydrogens (tertiary/aromatic N) is 2. The van der Waals surface area contributed by atoms with Crippen LogP contribution in [0.5, 0.6) is 0 Å². The van der Waals surface area contributed by atoms with Gasteiger partial charge in [0, 0.05) is 25.6 Å². The molecule has 0 aromatic heterocycles. The standard InChI is InChI=1S/C21H35N5O.HI/c1-4-22-21(24-15-14-23-20(27)18-12-13-18)25-16-19(26(5-2)6-3)17-10-8-7-9-11-17;/h7-11,18-19H,4-6,12-16H2,1-3H3,(H,23,27)(H2,22,24,25);1H. The molecule has 1 aliphatic carbocycles. The smallest absolute Gasteiger partial charge is 0.223 e. The summed E-state index contributed by atoms with van der Waals surface area (Å²) in [5, 5.41) is 9.59. The zero-order chi connectivity index (χ0) is 19.5. The lowest BCUT2D eigenvalue weighted by Crippen LogP contribution is -2.42. The molecule has 7 heteroatoms. The maximum atomic E-state index is 11.7. The van der Waals surface area contributed by atoms with Crippen molar-refractivity contribution in [1.82, 2.24) is 20.9 Å². The van der Waals surface area contributed by atoms with Crippen LogP contribution in [-0.2, 0) is 4.79 Å². The number of hydrogen-bond acceptors (Lipinski definition) is 3. The minimum absolute atomic E-state index is 0. The molecule has 28 heavy (non-hydrogen) atoms. The van der Waals surface area contributed by atoms with Crippen LogP contribution in [0.15, 0.2) is 35.3 Å². The molecule has 0 bridgehead atoms. The molecule has 1 fully saturated rings. The van der Waals surface area contributed by atoms with Crippen LogP contribution in [0, 0.1) is 5.92 Å². The van der Waals surface area contributed by atoms with Crippen molar-refractivity contribution in [3.63, 3.8) is 0 Å². The lowest BCUT2D eigenvalue weighted by atomic mass is 10.1. The molecule has 0 spiro atoms. The monoisotopic (exact) mass is 501 g/mol. The molecule has 6 nitrogen and oxygen atoms in total. The Bertz CT molecular complexity index is 588. The van der Waals surface area contributed by atoms with Crippen molar-refractivity contribution in [2.75, 3.05) is 39.3 Å². The first-order chi connectivity index (χ1) is 13.2. The second-order valence-corrected chi connectivity index (χ2v) is 6.86. The number of amides is 1. The van der Waals surface area contributed by atoms with Gasteiger partial charge in [-0.15, -0.1) is 24.0 Å². The Balaban J connectivity index is 0.00000392. The van der Waals surface area contributed by atoms with Gasteiger partial charge in [0.05, 0.1) is 12.6 Å². The molecule has 0 radical (unpaired) electrons. The number of carbonyl (C=O) groups excluding carboxylic acids is 1. The molecular formula is C21H36IN5O. The number of carbonyl (C=O) groups is 1. The second-order valence-electron chi connectivity index (χ2n) is 6.86. The molecule has 3 N–H and O–H groups in total. The number of nitrogens with one attached hydrogen (secondary N) is 3. The molecule has 1 unspecified atom stereocenters. The Morgan fingerprint density at radius 1 is 1.07 bits per heavy atom. The molecule has 1 aromatic rings. The number of guanidine groups is 1. The van der Waals surface area contributed by atoms with Crippen molar-refractivity contribution >= 4 is 35.8 Å². The molecule has 2 rings (SSSR count). The van der Waals surface area contributed by atoms with E-state index in [9.17, 15) is 4.79 Å². The topological polar surface area (TPSA) is 68.8 Å². The van der Waals surface area contributed by atoms with Crippen LogP contribution in [0.4, 0.5) is 0 Å². The lowest BCUT2D eigenvalue weighted by molar-refractivity contribution is -0.122. The zero-order valence-electron chi connectivity index (χ0n) is 17.4. The number of likely N-dealkylation sites (N-methyl/N-ethyl adjacent to an activating group) is 1. The van der Waals surface area contributed by atoms with Gasteiger partial charge in [-0.3, -0.25) is 14.7 Å². The summed E-state index contributed by atoms with van der Waals surface area (Å²) in [6.45, 7) is 11.2. The molecule has 1 saturated carbocycles. The van der Waals surface area contributed by atoms with E-state index in [0.29, 0.717) is 19.6 Å². The average Bonchev–Trinajstić information content (AvgIpc) is 3.54. The Morgan fingerprint density at radius 2 is 1.71 bits per heavy atom. The summed E-state index contributed by atoms with van der Waals surface area (Å²) >= 11 is 0. The third-order valence-electron chi connectivity index (χ3n) is 4.87. The fourth-order valence-electron chi connectivity index (χ4n) is 3.15. The largest absolute Gasteiger partial charge is 0.357 e. The summed E-state index contributed by atoms with van der Waals surface area (Å²) < 4.78 is 0. The first-order valence-electron chi connectivity index (χ1n) is 10.3. The summed E-state index contributed by atoms with van der Waals surface area (Å²) in [6, 6.07) is 10.8. The molecule has 0 saturated heterocycles. The van der Waals surface area contributed by atoms with Crippen molar-refractivity contribution in [3.05, 3.63) is 35.9 Å². The van der Waals surface area contributed by atoms with Gasteiger partial charge in [0.2, 0.25) is 5.91 Å². The Morgan fingerprint density at radius 3 is 2.29 bits per heavy atom. The third-order valence-corrected chi connectivity index (χ3v) is 4.87. The molecular weight excluding hydrogens is 465 g/mol. The molecule has 1 atom stereocenters. The van der Waals surface area contributed by atoms with Crippen molar-refractivity contribution < 1.29 is 4.79 Å². The molecule has 1 amide bonds. The van der Waals surface area contributed by atoms with Crippen molar-refractivity contribution in [3.8, 4) is 0 Å². The molecule has 1 aromatic carbocycles. The van der Waals surface area contributed by atoms with E-state index in [-0.39, 0.29) is 41.8 Å². The van der Waals surface area contributed by atoms with Gasteiger partial charge in [-0.2, -0.15) is 0 Å². The van der Waals surface area contributed by atoms with E-state index in [2.05, 4.69) is 65.9 Å². The van der Waals surface area contributed by atoms with Gasteiger partial charge < -0.3 is 16.0 Å². The number of benzene rings is 1. The fraction of sp³-hybridized carbons (Fsp3) is 0.619. The first-order valence-corrected chi connectivity index (χ1v) is 10.3. The van der Waals surface area contributed by atoms with Crippen LogP contribution in [0.2, 0.25) is 0 Å². The number of halogens is 1. The SMILES string of the molecule is CCNC(=NCC(c1ccccc1)N(CC)CC)NCCNC(=O)C1CC1.I. The number of aliphatic imine (C=N–C) groups is 1. The zero-order valence-corrected chi connectivity index (χ0v) is 19.7. The van der Waals surface area contributed by atoms with Crippen LogP contribution in [0.3, 0.4) is 0 Å². The minimum atomic E-state index is 0. The van der Waals surface area contributed by atoms with E-state index in [0.717, 1.165) is 38.4 Å². The lowest BCUT2D eigenvalue weighted by Gasteiger charge is -2.29. The normalized spacial score (nSPS) is 14.9. The predicted molar refractivity (Wildman–Crippen MR) is 127 cm³/mol. The Hall–Kier alpha value is -1.35. The summed E-state index contributed by atoms with van der Waals surface area (Å²) in [4.78, 5) is 18.9. The summed E-state index contributed by atoms with van der Waals surface area (Å²) in [5.41, 5.74) is 1.29. The highest BCUT2D eigenvalue weighted by Gasteiger charge is 2.29. The van der Waals surface area contributed by atoms with Crippen molar-refractivity contribution in [2.24, 2.45) is 10.9 Å². The van der Waals surface area contributed by atoms with E-state index >= 15 is 0 Å². The first kappa shape index (κ1) is 24.7. The van der Waals surface area contributed by atoms with E-state index in [1.165, 1.54) is 5.56 Å². The highest BCUT2D eigenvalue weighted by Crippen LogP contribution is 2.28. The van der Waals surface area contributed by atoms with Crippen LogP contribution >= 0.6 is 24.0 Å². The maximum absolute atomic E-state index is 11.7. The van der Waals surface area contributed by atoms with Gasteiger partial charge in [-0.05, 0) is 38.4 Å². The average molecular weight is 501 g/mol. The third kappa shape index (κ3) is 8.34. The highest BCUT2D eigenvalue weighted by molar-refractivity contribution is 14.0. The van der Waals surface area contributed by atoms with E-state index in [1.807, 2.05) is 6.07 Å². The fourth-order valence-corrected chi connectivity index (χ4v) is 3.15. The minimum Gasteiger partial charge on any atom is -0.357 e. The Kier molecular flexibility index (Phi) is 12.1. The molecule has 1 aliphatic rings. The maximum Gasteiger partial charge on any atom is 0.223 e. The summed E-state index contributed by atoms with van der Waals surface area (Å²) in [7, 11) is 0. The van der Waals surface area contributed by atoms with Crippen LogP contribution in [0.1, 0.15) is 45.2 Å². The highest BCUT2D eigenvalue weighted by atomic mass is 127. The summed E-state index contributed by atoms with van der Waals surface area (Å²) in [6.07, 6.45) is 2.07. The molecule has 0 aliphatic heterocycles. The van der Waals surface area contributed by atoms with E-state index < -0.39 is 0 Å². The summed E-state index contributed by atoms with van der Waals surface area (Å²) in [5.74, 6) is 1.24. The van der Waals surface area contributed by atoms with E-state index in [4.69, 9.17) is 4.99 Å². The van der Waals surface area contributed by atoms with Gasteiger partial charge in [0.25, 0.3) is 0 Å². The number of rotatable bonds is 11. The quantitative estimate of drug-likeness (QED) is 0.189. The van der Waals surface area contributed by atoms with Crippen LogP contribution in [0.25, 0.3) is 0 Å². The molecule has 0 heterocycles. The van der Waals surface area contributed by atoms with Gasteiger partial charge in [-0.25, -0.2) is 0 Å². The van der Waals surface area contributed by atoms with Gasteiger partial charge >= 0.3 is 0 Å². The van der Waals surface area contributed by atoms with Gasteiger partial charge in [-0.1, -0.05) is 44.2 Å². The molecule has 158 valence electrons. The number of hydrogen-bond donors (Lipinski definition) is 3. The van der Waals surface area contributed by atoms with Crippen LogP contribution < -0.4 is 16.0 Å². The van der Waals surface area contributed by atoms with E-state index in [1.54, 1.807) is 0 Å². The Labute approximate surface area is 187 Å².